The lowest BCUT2D eigenvalue weighted by Crippen LogP contribution is -2.46. The first kappa shape index (κ1) is 17.7. The second kappa shape index (κ2) is 8.87. The number of nitrogens with zero attached hydrogens (tertiary/aromatic N) is 3. The zero-order chi connectivity index (χ0) is 15.9. The monoisotopic (exact) mass is 328 g/mol. The number of aryl methyl sites for hydroxylation is 2. The number of likely N-dealkylation sites (N-methyl/N-ethyl adjacent to an activating group) is 1. The van der Waals surface area contributed by atoms with Crippen molar-refractivity contribution in [2.75, 3.05) is 32.8 Å². The number of ether oxygens (including phenoxy) is 1. The molecule has 1 aromatic rings. The highest BCUT2D eigenvalue weighted by Crippen LogP contribution is 2.20. The van der Waals surface area contributed by atoms with Gasteiger partial charge in [0.05, 0.1) is 18.4 Å². The Bertz CT molecular complexity index is 463. The van der Waals surface area contributed by atoms with Crippen LogP contribution in [0.15, 0.2) is 0 Å². The summed E-state index contributed by atoms with van der Waals surface area (Å²) in [7, 11) is 0. The number of hydrogen-bond donors (Lipinski definition) is 1. The van der Waals surface area contributed by atoms with E-state index in [1.54, 1.807) is 0 Å². The molecule has 0 saturated carbocycles. The van der Waals surface area contributed by atoms with Crippen LogP contribution < -0.4 is 5.32 Å². The lowest BCUT2D eigenvalue weighted by molar-refractivity contribution is -0.0253. The first-order valence-corrected chi connectivity index (χ1v) is 8.79. The summed E-state index contributed by atoms with van der Waals surface area (Å²) >= 11 is 6.45. The van der Waals surface area contributed by atoms with Gasteiger partial charge >= 0.3 is 0 Å². The van der Waals surface area contributed by atoms with E-state index >= 15 is 0 Å². The minimum absolute atomic E-state index is 0.267. The standard InChI is InChI=1S/C16H29ClN4O/c1-4-6-7-21-16(17)15(13(3)19-21)11-18-10-14-12-20(5-2)8-9-22-14/h14,18H,4-12H2,1-3H3/t14-/m1/s1. The van der Waals surface area contributed by atoms with Gasteiger partial charge < -0.3 is 10.1 Å². The average Bonchev–Trinajstić information content (AvgIpc) is 2.80. The third kappa shape index (κ3) is 4.69. The normalized spacial score (nSPS) is 19.7. The van der Waals surface area contributed by atoms with Gasteiger partial charge in [0, 0.05) is 38.3 Å². The van der Waals surface area contributed by atoms with Gasteiger partial charge in [-0.15, -0.1) is 0 Å². The maximum absolute atomic E-state index is 6.45. The van der Waals surface area contributed by atoms with Gasteiger partial charge in [0.1, 0.15) is 5.15 Å². The van der Waals surface area contributed by atoms with Gasteiger partial charge in [-0.25, -0.2) is 0 Å². The highest BCUT2D eigenvalue weighted by atomic mass is 35.5. The number of aromatic nitrogens is 2. The Kier molecular flexibility index (Phi) is 7.15. The molecule has 126 valence electrons. The lowest BCUT2D eigenvalue weighted by atomic mass is 10.2. The Balaban J connectivity index is 1.82. The molecule has 1 N–H and O–H groups in total. The summed E-state index contributed by atoms with van der Waals surface area (Å²) in [6, 6.07) is 0. The molecule has 2 rings (SSSR count). The van der Waals surface area contributed by atoms with Crippen LogP contribution in [-0.2, 0) is 17.8 Å². The predicted molar refractivity (Wildman–Crippen MR) is 90.4 cm³/mol. The number of morpholine rings is 1. The molecule has 6 heteroatoms. The quantitative estimate of drug-likeness (QED) is 0.796. The van der Waals surface area contributed by atoms with E-state index in [0.717, 1.165) is 75.1 Å². The molecule has 0 amide bonds. The van der Waals surface area contributed by atoms with E-state index in [1.807, 2.05) is 11.6 Å². The molecular formula is C16H29ClN4O. The van der Waals surface area contributed by atoms with Crippen LogP contribution in [0.25, 0.3) is 0 Å². The molecule has 22 heavy (non-hydrogen) atoms. The highest BCUT2D eigenvalue weighted by Gasteiger charge is 2.19. The van der Waals surface area contributed by atoms with Crippen molar-refractivity contribution < 1.29 is 4.74 Å². The van der Waals surface area contributed by atoms with Crippen LogP contribution in [0.4, 0.5) is 0 Å². The smallest absolute Gasteiger partial charge is 0.131 e. The maximum atomic E-state index is 6.45. The van der Waals surface area contributed by atoms with Gasteiger partial charge in [-0.3, -0.25) is 9.58 Å². The molecule has 0 spiro atoms. The highest BCUT2D eigenvalue weighted by molar-refractivity contribution is 6.30. The van der Waals surface area contributed by atoms with E-state index in [9.17, 15) is 0 Å². The predicted octanol–water partition coefficient (Wildman–Crippen LogP) is 2.46. The third-order valence-electron chi connectivity index (χ3n) is 4.25. The number of hydrogen-bond acceptors (Lipinski definition) is 4. The van der Waals surface area contributed by atoms with Crippen molar-refractivity contribution in [3.8, 4) is 0 Å². The molecule has 1 aromatic heterocycles. The summed E-state index contributed by atoms with van der Waals surface area (Å²) in [5.41, 5.74) is 2.13. The molecule has 0 bridgehead atoms. The van der Waals surface area contributed by atoms with Crippen LogP contribution in [-0.4, -0.2) is 53.6 Å². The molecule has 2 heterocycles. The van der Waals surface area contributed by atoms with E-state index in [-0.39, 0.29) is 6.10 Å². The minimum atomic E-state index is 0.267. The van der Waals surface area contributed by atoms with Crippen LogP contribution in [0.3, 0.4) is 0 Å². The topological polar surface area (TPSA) is 42.3 Å². The fraction of sp³-hybridized carbons (Fsp3) is 0.812. The van der Waals surface area contributed by atoms with Crippen molar-refractivity contribution >= 4 is 11.6 Å². The Morgan fingerprint density at radius 3 is 2.95 bits per heavy atom. The van der Waals surface area contributed by atoms with Gasteiger partial charge in [-0.05, 0) is 19.9 Å². The van der Waals surface area contributed by atoms with E-state index in [2.05, 4.69) is 29.2 Å². The molecule has 1 saturated heterocycles. The number of rotatable bonds is 8. The number of halogens is 1. The Morgan fingerprint density at radius 2 is 2.23 bits per heavy atom. The zero-order valence-corrected chi connectivity index (χ0v) is 14.8. The van der Waals surface area contributed by atoms with Crippen molar-refractivity contribution in [2.24, 2.45) is 0 Å². The van der Waals surface area contributed by atoms with Crippen LogP contribution in [0.2, 0.25) is 5.15 Å². The largest absolute Gasteiger partial charge is 0.374 e. The third-order valence-corrected chi connectivity index (χ3v) is 4.67. The zero-order valence-electron chi connectivity index (χ0n) is 14.1. The fourth-order valence-corrected chi connectivity index (χ4v) is 3.12. The molecule has 0 unspecified atom stereocenters. The minimum Gasteiger partial charge on any atom is -0.374 e. The van der Waals surface area contributed by atoms with Crippen molar-refractivity contribution in [1.82, 2.24) is 20.0 Å². The van der Waals surface area contributed by atoms with E-state index < -0.39 is 0 Å². The molecule has 5 nitrogen and oxygen atoms in total. The van der Waals surface area contributed by atoms with Gasteiger partial charge in [0.25, 0.3) is 0 Å². The molecule has 1 atom stereocenters. The summed E-state index contributed by atoms with van der Waals surface area (Å²) in [5.74, 6) is 0. The Morgan fingerprint density at radius 1 is 1.41 bits per heavy atom. The van der Waals surface area contributed by atoms with Gasteiger partial charge in [-0.1, -0.05) is 31.9 Å². The molecule has 0 aromatic carbocycles. The van der Waals surface area contributed by atoms with Crippen molar-refractivity contribution in [2.45, 2.75) is 52.8 Å². The van der Waals surface area contributed by atoms with Crippen molar-refractivity contribution in [3.63, 3.8) is 0 Å². The SMILES string of the molecule is CCCCn1nc(C)c(CNC[C@@H]2CN(CC)CCO2)c1Cl. The van der Waals surface area contributed by atoms with E-state index in [0.29, 0.717) is 0 Å². The summed E-state index contributed by atoms with van der Waals surface area (Å²) in [5, 5.41) is 8.80. The molecular weight excluding hydrogens is 300 g/mol. The Hall–Kier alpha value is -0.620. The Labute approximate surface area is 139 Å². The van der Waals surface area contributed by atoms with E-state index in [4.69, 9.17) is 16.3 Å². The van der Waals surface area contributed by atoms with Crippen molar-refractivity contribution in [3.05, 3.63) is 16.4 Å². The second-order valence-corrected chi connectivity index (χ2v) is 6.31. The summed E-state index contributed by atoms with van der Waals surface area (Å²) < 4.78 is 7.73. The van der Waals surface area contributed by atoms with Crippen LogP contribution in [0, 0.1) is 6.92 Å². The molecule has 1 aliphatic rings. The van der Waals surface area contributed by atoms with Crippen LogP contribution in [0.5, 0.6) is 0 Å². The lowest BCUT2D eigenvalue weighted by Gasteiger charge is -2.32. The summed E-state index contributed by atoms with van der Waals surface area (Å²) in [6.45, 7) is 12.9. The molecule has 0 aliphatic carbocycles. The van der Waals surface area contributed by atoms with Crippen molar-refractivity contribution in [1.29, 1.82) is 0 Å². The van der Waals surface area contributed by atoms with Gasteiger partial charge in [0.15, 0.2) is 0 Å². The second-order valence-electron chi connectivity index (χ2n) is 5.95. The van der Waals surface area contributed by atoms with Crippen LogP contribution >= 0.6 is 11.6 Å². The first-order chi connectivity index (χ1) is 10.7. The average molecular weight is 329 g/mol. The molecule has 0 radical (unpaired) electrons. The maximum Gasteiger partial charge on any atom is 0.131 e. The number of unbranched alkanes of at least 4 members (excludes halogenated alkanes) is 1. The summed E-state index contributed by atoms with van der Waals surface area (Å²) in [4.78, 5) is 2.43. The van der Waals surface area contributed by atoms with Crippen LogP contribution in [0.1, 0.15) is 37.9 Å². The summed E-state index contributed by atoms with van der Waals surface area (Å²) in [6.07, 6.45) is 2.52. The van der Waals surface area contributed by atoms with Gasteiger partial charge in [-0.2, -0.15) is 5.10 Å². The first-order valence-electron chi connectivity index (χ1n) is 8.42. The molecule has 1 fully saturated rings. The van der Waals surface area contributed by atoms with Gasteiger partial charge in [0.2, 0.25) is 0 Å². The fourth-order valence-electron chi connectivity index (χ4n) is 2.80. The van der Waals surface area contributed by atoms with E-state index in [1.165, 1.54) is 0 Å². The molecule has 1 aliphatic heterocycles. The number of nitrogens with one attached hydrogen (secondary N) is 1.